The predicted molar refractivity (Wildman–Crippen MR) is 132 cm³/mol. The van der Waals surface area contributed by atoms with Crippen LogP contribution in [0.2, 0.25) is 0 Å². The van der Waals surface area contributed by atoms with E-state index in [0.717, 1.165) is 36.5 Å². The molecular formula is C30H42. The summed E-state index contributed by atoms with van der Waals surface area (Å²) in [5.41, 5.74) is 3.01. The molecule has 0 aliphatic heterocycles. The van der Waals surface area contributed by atoms with Crippen molar-refractivity contribution < 1.29 is 0 Å². The SMILES string of the molecule is C=CCCc1ccc2cc(C3CCC(CCC4CCC(CC)CC4)CC3)ccc2c1. The fourth-order valence-corrected chi connectivity index (χ4v) is 6.18. The highest BCUT2D eigenvalue weighted by Crippen LogP contribution is 2.40. The summed E-state index contributed by atoms with van der Waals surface area (Å²) in [6.45, 7) is 6.22. The zero-order valence-corrected chi connectivity index (χ0v) is 19.3. The first-order valence-corrected chi connectivity index (χ1v) is 12.9. The van der Waals surface area contributed by atoms with Gasteiger partial charge in [-0.1, -0.05) is 94.3 Å². The van der Waals surface area contributed by atoms with Gasteiger partial charge >= 0.3 is 0 Å². The summed E-state index contributed by atoms with van der Waals surface area (Å²) in [7, 11) is 0. The summed E-state index contributed by atoms with van der Waals surface area (Å²) in [5, 5.41) is 2.81. The van der Waals surface area contributed by atoms with Gasteiger partial charge in [-0.2, -0.15) is 0 Å². The number of benzene rings is 2. The molecular weight excluding hydrogens is 360 g/mol. The molecule has 0 saturated heterocycles. The summed E-state index contributed by atoms with van der Waals surface area (Å²) < 4.78 is 0. The standard InChI is InChI=1S/C30H42/c1-3-5-6-26-15-18-30-22-29(20-19-28(30)21-26)27-16-13-25(14-17-27)12-11-24-9-7-23(4-2)8-10-24/h3,15,18-25,27H,1,4-14,16-17H2,2H3. The Balaban J connectivity index is 1.26. The van der Waals surface area contributed by atoms with E-state index in [4.69, 9.17) is 0 Å². The van der Waals surface area contributed by atoms with E-state index in [-0.39, 0.29) is 0 Å². The quantitative estimate of drug-likeness (QED) is 0.386. The van der Waals surface area contributed by atoms with E-state index in [1.54, 1.807) is 5.56 Å². The van der Waals surface area contributed by atoms with Crippen LogP contribution in [0.25, 0.3) is 10.8 Å². The molecule has 0 heteroatoms. The van der Waals surface area contributed by atoms with Crippen LogP contribution in [-0.2, 0) is 6.42 Å². The predicted octanol–water partition coefficient (Wildman–Crippen LogP) is 9.23. The van der Waals surface area contributed by atoms with E-state index >= 15 is 0 Å². The maximum atomic E-state index is 3.85. The minimum atomic E-state index is 0.783. The molecule has 0 radical (unpaired) electrons. The van der Waals surface area contributed by atoms with Gasteiger partial charge in [-0.15, -0.1) is 6.58 Å². The molecule has 2 aromatic carbocycles. The highest BCUT2D eigenvalue weighted by molar-refractivity contribution is 5.84. The molecule has 0 amide bonds. The molecule has 2 saturated carbocycles. The summed E-state index contributed by atoms with van der Waals surface area (Å²) in [6.07, 6.45) is 20.3. The van der Waals surface area contributed by atoms with Gasteiger partial charge in [0.1, 0.15) is 0 Å². The number of aryl methyl sites for hydroxylation is 1. The highest BCUT2D eigenvalue weighted by Gasteiger charge is 2.25. The summed E-state index contributed by atoms with van der Waals surface area (Å²) in [4.78, 5) is 0. The molecule has 2 fully saturated rings. The third kappa shape index (κ3) is 5.57. The Kier molecular flexibility index (Phi) is 7.69. The van der Waals surface area contributed by atoms with Gasteiger partial charge in [-0.05, 0) is 84.1 Å². The first-order chi connectivity index (χ1) is 14.7. The monoisotopic (exact) mass is 402 g/mol. The highest BCUT2D eigenvalue weighted by atomic mass is 14.3. The van der Waals surface area contributed by atoms with Crippen molar-refractivity contribution in [3.8, 4) is 0 Å². The largest absolute Gasteiger partial charge is 0.103 e. The van der Waals surface area contributed by atoms with Gasteiger partial charge in [0.05, 0.1) is 0 Å². The van der Waals surface area contributed by atoms with Crippen LogP contribution < -0.4 is 0 Å². The fraction of sp³-hybridized carbons (Fsp3) is 0.600. The molecule has 0 nitrogen and oxygen atoms in total. The Morgan fingerprint density at radius 1 is 0.767 bits per heavy atom. The van der Waals surface area contributed by atoms with E-state index in [1.165, 1.54) is 87.0 Å². The molecule has 0 bridgehead atoms. The average Bonchev–Trinajstić information content (AvgIpc) is 2.81. The van der Waals surface area contributed by atoms with Gasteiger partial charge in [0, 0.05) is 0 Å². The number of allylic oxidation sites excluding steroid dienone is 1. The third-order valence-corrected chi connectivity index (χ3v) is 8.41. The molecule has 0 N–H and O–H groups in total. The summed E-state index contributed by atoms with van der Waals surface area (Å²) in [6, 6.07) is 14.3. The number of hydrogen-bond acceptors (Lipinski definition) is 0. The minimum absolute atomic E-state index is 0.783. The molecule has 162 valence electrons. The Morgan fingerprint density at radius 2 is 1.37 bits per heavy atom. The van der Waals surface area contributed by atoms with Crippen molar-refractivity contribution in [1.82, 2.24) is 0 Å². The molecule has 2 aromatic rings. The topological polar surface area (TPSA) is 0 Å². The lowest BCUT2D eigenvalue weighted by Gasteiger charge is -2.32. The van der Waals surface area contributed by atoms with Crippen LogP contribution in [0.15, 0.2) is 49.1 Å². The van der Waals surface area contributed by atoms with E-state index in [0.29, 0.717) is 0 Å². The zero-order valence-electron chi connectivity index (χ0n) is 19.3. The second kappa shape index (κ2) is 10.7. The first kappa shape index (κ1) is 21.7. The second-order valence-corrected chi connectivity index (χ2v) is 10.4. The Morgan fingerprint density at radius 3 is 2.03 bits per heavy atom. The van der Waals surface area contributed by atoms with Crippen molar-refractivity contribution >= 4 is 10.8 Å². The van der Waals surface area contributed by atoms with Crippen LogP contribution in [0.1, 0.15) is 101 Å². The van der Waals surface area contributed by atoms with Crippen molar-refractivity contribution in [2.45, 2.75) is 96.3 Å². The molecule has 0 atom stereocenters. The van der Waals surface area contributed by atoms with Crippen LogP contribution >= 0.6 is 0 Å². The lowest BCUT2D eigenvalue weighted by Crippen LogP contribution is -2.17. The molecule has 2 aliphatic rings. The Bertz CT molecular complexity index is 800. The normalized spacial score (nSPS) is 27.2. The van der Waals surface area contributed by atoms with Crippen LogP contribution in [-0.4, -0.2) is 0 Å². The van der Waals surface area contributed by atoms with Gasteiger partial charge in [0.25, 0.3) is 0 Å². The number of fused-ring (bicyclic) bond motifs is 1. The first-order valence-electron chi connectivity index (χ1n) is 12.9. The zero-order chi connectivity index (χ0) is 20.8. The molecule has 0 spiro atoms. The van der Waals surface area contributed by atoms with Crippen molar-refractivity contribution in [2.75, 3.05) is 0 Å². The third-order valence-electron chi connectivity index (χ3n) is 8.41. The van der Waals surface area contributed by atoms with Crippen LogP contribution in [0.5, 0.6) is 0 Å². The van der Waals surface area contributed by atoms with Gasteiger partial charge in [0.2, 0.25) is 0 Å². The van der Waals surface area contributed by atoms with Crippen LogP contribution in [0, 0.1) is 17.8 Å². The molecule has 30 heavy (non-hydrogen) atoms. The van der Waals surface area contributed by atoms with Gasteiger partial charge in [-0.3, -0.25) is 0 Å². The Hall–Kier alpha value is -1.56. The van der Waals surface area contributed by atoms with Crippen LogP contribution in [0.4, 0.5) is 0 Å². The molecule has 0 aromatic heterocycles. The summed E-state index contributed by atoms with van der Waals surface area (Å²) in [5.74, 6) is 3.86. The smallest absolute Gasteiger partial charge is 0.0162 e. The van der Waals surface area contributed by atoms with Gasteiger partial charge in [0.15, 0.2) is 0 Å². The van der Waals surface area contributed by atoms with Gasteiger partial charge < -0.3 is 0 Å². The number of rotatable bonds is 8. The molecule has 2 aliphatic carbocycles. The van der Waals surface area contributed by atoms with Crippen molar-refractivity contribution in [1.29, 1.82) is 0 Å². The van der Waals surface area contributed by atoms with E-state index in [9.17, 15) is 0 Å². The maximum Gasteiger partial charge on any atom is -0.0162 e. The minimum Gasteiger partial charge on any atom is -0.103 e. The molecule has 4 rings (SSSR count). The van der Waals surface area contributed by atoms with Gasteiger partial charge in [-0.25, -0.2) is 0 Å². The van der Waals surface area contributed by atoms with E-state index in [2.05, 4.69) is 49.9 Å². The van der Waals surface area contributed by atoms with Crippen molar-refractivity contribution in [3.05, 3.63) is 60.2 Å². The number of hydrogen-bond donors (Lipinski definition) is 0. The lowest BCUT2D eigenvalue weighted by atomic mass is 9.74. The average molecular weight is 403 g/mol. The van der Waals surface area contributed by atoms with E-state index in [1.807, 2.05) is 6.08 Å². The molecule has 0 heterocycles. The van der Waals surface area contributed by atoms with Crippen LogP contribution in [0.3, 0.4) is 0 Å². The van der Waals surface area contributed by atoms with Crippen molar-refractivity contribution in [3.63, 3.8) is 0 Å². The fourth-order valence-electron chi connectivity index (χ4n) is 6.18. The summed E-state index contributed by atoms with van der Waals surface area (Å²) >= 11 is 0. The second-order valence-electron chi connectivity index (χ2n) is 10.4. The lowest BCUT2D eigenvalue weighted by molar-refractivity contribution is 0.227. The maximum absolute atomic E-state index is 3.85. The Labute approximate surface area is 185 Å². The van der Waals surface area contributed by atoms with Crippen molar-refractivity contribution in [2.24, 2.45) is 17.8 Å². The molecule has 0 unspecified atom stereocenters. The van der Waals surface area contributed by atoms with E-state index < -0.39 is 0 Å².